The minimum absolute atomic E-state index is 0.0540. The van der Waals surface area contributed by atoms with Gasteiger partial charge in [0.2, 0.25) is 5.91 Å². The van der Waals surface area contributed by atoms with Crippen molar-refractivity contribution in [3.63, 3.8) is 0 Å². The molecule has 0 atom stereocenters. The average molecular weight is 334 g/mol. The number of fused-ring (bicyclic) bond motifs is 1. The van der Waals surface area contributed by atoms with Crippen LogP contribution in [0.25, 0.3) is 0 Å². The van der Waals surface area contributed by atoms with Gasteiger partial charge in [0.05, 0.1) is 17.8 Å². The molecule has 7 heteroatoms. The molecule has 0 unspecified atom stereocenters. The lowest BCUT2D eigenvalue weighted by Crippen LogP contribution is -2.52. The number of hydrogen-bond donors (Lipinski definition) is 2. The van der Waals surface area contributed by atoms with Crippen LogP contribution < -0.4 is 15.0 Å². The van der Waals surface area contributed by atoms with Gasteiger partial charge in [0.1, 0.15) is 12.3 Å². The quantitative estimate of drug-likeness (QED) is 0.753. The van der Waals surface area contributed by atoms with Crippen LogP contribution in [0.4, 0.5) is 5.69 Å². The van der Waals surface area contributed by atoms with Crippen molar-refractivity contribution in [2.75, 3.05) is 24.7 Å². The number of anilines is 1. The Bertz CT molecular complexity index is 669. The minimum atomic E-state index is -0.782. The molecule has 0 aliphatic carbocycles. The van der Waals surface area contributed by atoms with Gasteiger partial charge >= 0.3 is 0 Å². The van der Waals surface area contributed by atoms with Crippen molar-refractivity contribution < 1.29 is 24.2 Å². The van der Waals surface area contributed by atoms with E-state index in [0.717, 1.165) is 0 Å². The van der Waals surface area contributed by atoms with Gasteiger partial charge in [0, 0.05) is 12.0 Å². The van der Waals surface area contributed by atoms with E-state index in [9.17, 15) is 19.5 Å². The van der Waals surface area contributed by atoms with Crippen molar-refractivity contribution in [1.82, 2.24) is 5.32 Å². The highest BCUT2D eigenvalue weighted by Gasteiger charge is 2.29. The first kappa shape index (κ1) is 17.9. The third kappa shape index (κ3) is 3.91. The fraction of sp³-hybridized carbons (Fsp3) is 0.471. The van der Waals surface area contributed by atoms with Gasteiger partial charge in [0.15, 0.2) is 12.4 Å². The van der Waals surface area contributed by atoms with E-state index in [-0.39, 0.29) is 31.4 Å². The summed E-state index contributed by atoms with van der Waals surface area (Å²) in [4.78, 5) is 37.5. The fourth-order valence-electron chi connectivity index (χ4n) is 2.35. The summed E-state index contributed by atoms with van der Waals surface area (Å²) >= 11 is 0. The molecule has 0 spiro atoms. The zero-order chi connectivity index (χ0) is 17.9. The maximum Gasteiger partial charge on any atom is 0.265 e. The van der Waals surface area contributed by atoms with Crippen LogP contribution in [0, 0.1) is 0 Å². The summed E-state index contributed by atoms with van der Waals surface area (Å²) in [7, 11) is 0. The topological polar surface area (TPSA) is 95.9 Å². The molecule has 1 heterocycles. The zero-order valence-corrected chi connectivity index (χ0v) is 14.1. The fourth-order valence-corrected chi connectivity index (χ4v) is 2.35. The van der Waals surface area contributed by atoms with Crippen molar-refractivity contribution in [2.45, 2.75) is 32.7 Å². The molecular weight excluding hydrogens is 312 g/mol. The molecule has 2 N–H and O–H groups in total. The van der Waals surface area contributed by atoms with Crippen LogP contribution in [0.3, 0.4) is 0 Å². The monoisotopic (exact) mass is 334 g/mol. The number of carbonyl (C=O) groups excluding carboxylic acids is 3. The van der Waals surface area contributed by atoms with E-state index in [1.54, 1.807) is 39.0 Å². The molecule has 2 amide bonds. The van der Waals surface area contributed by atoms with Crippen LogP contribution in [0.15, 0.2) is 18.2 Å². The van der Waals surface area contributed by atoms with Gasteiger partial charge in [-0.1, -0.05) is 6.92 Å². The van der Waals surface area contributed by atoms with Crippen LogP contribution in [0.5, 0.6) is 5.75 Å². The van der Waals surface area contributed by atoms with E-state index in [1.165, 1.54) is 4.90 Å². The molecule has 1 aromatic carbocycles. The third-order valence-corrected chi connectivity index (χ3v) is 3.72. The third-order valence-electron chi connectivity index (χ3n) is 3.72. The normalized spacial score (nSPS) is 14.0. The van der Waals surface area contributed by atoms with Gasteiger partial charge in [-0.15, -0.1) is 0 Å². The number of nitrogens with one attached hydrogen (secondary N) is 1. The standard InChI is InChI=1S/C17H22N2O5/c1-4-13(21)11-5-6-14-12(7-11)19(16(23)9-24-14)8-15(22)18-17(2,3)10-20/h5-7,20H,4,8-10H2,1-3H3,(H,18,22). The molecule has 1 aliphatic heterocycles. The Kier molecular flexibility index (Phi) is 5.23. The Hall–Kier alpha value is -2.41. The van der Waals surface area contributed by atoms with Crippen molar-refractivity contribution in [3.05, 3.63) is 23.8 Å². The predicted octanol–water partition coefficient (Wildman–Crippen LogP) is 0.892. The molecule has 24 heavy (non-hydrogen) atoms. The number of nitrogens with zero attached hydrogens (tertiary/aromatic N) is 1. The van der Waals surface area contributed by atoms with E-state index in [2.05, 4.69) is 5.32 Å². The van der Waals surface area contributed by atoms with Crippen LogP contribution >= 0.6 is 0 Å². The summed E-state index contributed by atoms with van der Waals surface area (Å²) in [5.74, 6) is -0.360. The Morgan fingerprint density at radius 2 is 2.08 bits per heavy atom. The number of Topliss-reactive ketones (excluding diaryl/α,β-unsaturated/α-hetero) is 1. The summed E-state index contributed by atoms with van der Waals surface area (Å²) in [5.41, 5.74) is 0.0908. The lowest BCUT2D eigenvalue weighted by atomic mass is 10.1. The van der Waals surface area contributed by atoms with Gasteiger partial charge in [0.25, 0.3) is 5.91 Å². The smallest absolute Gasteiger partial charge is 0.265 e. The van der Waals surface area contributed by atoms with E-state index >= 15 is 0 Å². The molecule has 0 fully saturated rings. The second-order valence-electron chi connectivity index (χ2n) is 6.32. The molecule has 0 bridgehead atoms. The van der Waals surface area contributed by atoms with Crippen molar-refractivity contribution in [1.29, 1.82) is 0 Å². The maximum absolute atomic E-state index is 12.2. The summed E-state index contributed by atoms with van der Waals surface area (Å²) in [6, 6.07) is 4.85. The summed E-state index contributed by atoms with van der Waals surface area (Å²) in [5, 5.41) is 11.9. The van der Waals surface area contributed by atoms with Crippen LogP contribution in [-0.4, -0.2) is 48.0 Å². The number of ether oxygens (including phenoxy) is 1. The van der Waals surface area contributed by atoms with Crippen LogP contribution in [0.1, 0.15) is 37.6 Å². The largest absolute Gasteiger partial charge is 0.482 e. The number of amides is 2. The Balaban J connectivity index is 2.26. The molecule has 0 saturated heterocycles. The zero-order valence-electron chi connectivity index (χ0n) is 14.1. The van der Waals surface area contributed by atoms with Crippen LogP contribution in [-0.2, 0) is 9.59 Å². The molecule has 1 aliphatic rings. The average Bonchev–Trinajstić information content (AvgIpc) is 2.55. The number of hydrogen-bond acceptors (Lipinski definition) is 5. The first-order valence-electron chi connectivity index (χ1n) is 7.79. The maximum atomic E-state index is 12.2. The number of rotatable bonds is 6. The molecule has 0 aromatic heterocycles. The molecular formula is C17H22N2O5. The predicted molar refractivity (Wildman–Crippen MR) is 88.2 cm³/mol. The van der Waals surface area contributed by atoms with Gasteiger partial charge in [-0.05, 0) is 32.0 Å². The Morgan fingerprint density at radius 3 is 2.71 bits per heavy atom. The molecule has 2 rings (SSSR count). The molecule has 1 aromatic rings. The molecule has 7 nitrogen and oxygen atoms in total. The first-order chi connectivity index (χ1) is 11.3. The van der Waals surface area contributed by atoms with Gasteiger partial charge in [-0.2, -0.15) is 0 Å². The number of ketones is 1. The lowest BCUT2D eigenvalue weighted by molar-refractivity contribution is -0.126. The molecule has 130 valence electrons. The summed E-state index contributed by atoms with van der Waals surface area (Å²) < 4.78 is 5.36. The molecule has 0 saturated carbocycles. The second-order valence-corrected chi connectivity index (χ2v) is 6.32. The van der Waals surface area contributed by atoms with E-state index < -0.39 is 11.4 Å². The Labute approximate surface area is 140 Å². The van der Waals surface area contributed by atoms with E-state index in [1.807, 2.05) is 0 Å². The first-order valence-corrected chi connectivity index (χ1v) is 7.79. The highest BCUT2D eigenvalue weighted by atomic mass is 16.5. The summed E-state index contributed by atoms with van der Waals surface area (Å²) in [6.07, 6.45) is 0.346. The number of carbonyl (C=O) groups is 3. The highest BCUT2D eigenvalue weighted by Crippen LogP contribution is 2.33. The number of benzene rings is 1. The van der Waals surface area contributed by atoms with Crippen molar-refractivity contribution in [3.8, 4) is 5.75 Å². The molecule has 0 radical (unpaired) electrons. The number of aliphatic hydroxyl groups excluding tert-OH is 1. The number of aliphatic hydroxyl groups is 1. The SMILES string of the molecule is CCC(=O)c1ccc2c(c1)N(CC(=O)NC(C)(C)CO)C(=O)CO2. The lowest BCUT2D eigenvalue weighted by Gasteiger charge is -2.31. The van der Waals surface area contributed by atoms with Crippen molar-refractivity contribution in [2.24, 2.45) is 0 Å². The summed E-state index contributed by atoms with van der Waals surface area (Å²) in [6.45, 7) is 4.52. The highest BCUT2D eigenvalue weighted by molar-refractivity contribution is 6.04. The second kappa shape index (κ2) is 7.00. The van der Waals surface area contributed by atoms with Gasteiger partial charge < -0.3 is 15.2 Å². The Morgan fingerprint density at radius 1 is 1.38 bits per heavy atom. The van der Waals surface area contributed by atoms with Gasteiger partial charge in [-0.25, -0.2) is 0 Å². The minimum Gasteiger partial charge on any atom is -0.482 e. The van der Waals surface area contributed by atoms with Crippen molar-refractivity contribution >= 4 is 23.3 Å². The van der Waals surface area contributed by atoms with Crippen LogP contribution in [0.2, 0.25) is 0 Å². The van der Waals surface area contributed by atoms with Gasteiger partial charge in [-0.3, -0.25) is 19.3 Å². The van der Waals surface area contributed by atoms with E-state index in [0.29, 0.717) is 23.4 Å². The van der Waals surface area contributed by atoms with E-state index in [4.69, 9.17) is 4.74 Å².